The van der Waals surface area contributed by atoms with Crippen LogP contribution in [0.1, 0.15) is 44.6 Å². The molecular formula is C30H37N3OS. The van der Waals surface area contributed by atoms with Gasteiger partial charge in [0, 0.05) is 42.4 Å². The van der Waals surface area contributed by atoms with E-state index in [0.29, 0.717) is 11.6 Å². The van der Waals surface area contributed by atoms with E-state index in [4.69, 9.17) is 4.74 Å². The third kappa shape index (κ3) is 4.27. The number of hydrogen-bond acceptors (Lipinski definition) is 5. The minimum absolute atomic E-state index is 0.0804. The summed E-state index contributed by atoms with van der Waals surface area (Å²) in [5, 5.41) is 3.47. The maximum absolute atomic E-state index is 6.48. The Balaban J connectivity index is 1.21. The zero-order valence-corrected chi connectivity index (χ0v) is 22.0. The number of thioether (sulfide) groups is 1. The first-order valence-electron chi connectivity index (χ1n) is 13.1. The van der Waals surface area contributed by atoms with Crippen LogP contribution in [0.2, 0.25) is 0 Å². The largest absolute Gasteiger partial charge is 0.458 e. The minimum atomic E-state index is 0.0804. The number of likely N-dealkylation sites (tertiary alicyclic amines) is 1. The highest BCUT2D eigenvalue weighted by Gasteiger charge is 2.46. The SMILES string of the molecule is CCC1(CC2CCC2)CN(C2C=C(C3=C4OC(c5ccc(SC)cc5)=CC4NC=C3)C=CN2C)C1. The molecule has 1 saturated carbocycles. The van der Waals surface area contributed by atoms with Gasteiger partial charge in [-0.05, 0) is 78.6 Å². The van der Waals surface area contributed by atoms with Crippen LogP contribution < -0.4 is 5.32 Å². The van der Waals surface area contributed by atoms with Gasteiger partial charge in [-0.1, -0.05) is 38.3 Å². The molecule has 0 aromatic heterocycles. The Morgan fingerprint density at radius 3 is 2.60 bits per heavy atom. The molecule has 4 nitrogen and oxygen atoms in total. The number of hydrogen-bond donors (Lipinski definition) is 1. The molecule has 2 fully saturated rings. The van der Waals surface area contributed by atoms with Crippen LogP contribution in [-0.4, -0.2) is 48.4 Å². The molecule has 0 spiro atoms. The molecular weight excluding hydrogens is 450 g/mol. The van der Waals surface area contributed by atoms with Gasteiger partial charge in [-0.2, -0.15) is 0 Å². The van der Waals surface area contributed by atoms with Crippen LogP contribution in [0.25, 0.3) is 5.76 Å². The van der Waals surface area contributed by atoms with Crippen molar-refractivity contribution in [2.75, 3.05) is 26.4 Å². The van der Waals surface area contributed by atoms with Crippen molar-refractivity contribution >= 4 is 17.5 Å². The first-order chi connectivity index (χ1) is 17.1. The van der Waals surface area contributed by atoms with Gasteiger partial charge in [-0.25, -0.2) is 0 Å². The molecule has 5 aliphatic rings. The average molecular weight is 488 g/mol. The molecule has 184 valence electrons. The smallest absolute Gasteiger partial charge is 0.138 e. The lowest BCUT2D eigenvalue weighted by Crippen LogP contribution is -2.63. The lowest BCUT2D eigenvalue weighted by Gasteiger charge is -2.56. The van der Waals surface area contributed by atoms with Gasteiger partial charge in [-0.15, -0.1) is 11.8 Å². The Kier molecular flexibility index (Phi) is 6.10. The predicted octanol–water partition coefficient (Wildman–Crippen LogP) is 6.13. The number of benzene rings is 1. The highest BCUT2D eigenvalue weighted by Crippen LogP contribution is 2.46. The molecule has 0 bridgehead atoms. The molecule has 1 aliphatic carbocycles. The summed E-state index contributed by atoms with van der Waals surface area (Å²) in [6.07, 6.45) is 22.8. The van der Waals surface area contributed by atoms with Crippen molar-refractivity contribution in [1.29, 1.82) is 0 Å². The summed E-state index contributed by atoms with van der Waals surface area (Å²) in [5.74, 6) is 2.92. The van der Waals surface area contributed by atoms with E-state index in [2.05, 4.69) is 96.3 Å². The molecule has 2 atom stereocenters. The molecule has 1 aromatic carbocycles. The van der Waals surface area contributed by atoms with Gasteiger partial charge >= 0.3 is 0 Å². The molecule has 35 heavy (non-hydrogen) atoms. The number of nitrogens with one attached hydrogen (secondary N) is 1. The average Bonchev–Trinajstić information content (AvgIpc) is 3.28. The van der Waals surface area contributed by atoms with Crippen molar-refractivity contribution in [3.63, 3.8) is 0 Å². The van der Waals surface area contributed by atoms with E-state index < -0.39 is 0 Å². The van der Waals surface area contributed by atoms with Gasteiger partial charge in [0.2, 0.25) is 0 Å². The molecule has 2 unspecified atom stereocenters. The molecule has 0 radical (unpaired) electrons. The van der Waals surface area contributed by atoms with E-state index in [9.17, 15) is 0 Å². The molecule has 1 saturated heterocycles. The van der Waals surface area contributed by atoms with Crippen LogP contribution in [0.15, 0.2) is 82.8 Å². The fraction of sp³-hybridized carbons (Fsp3) is 0.467. The van der Waals surface area contributed by atoms with E-state index in [-0.39, 0.29) is 6.04 Å². The van der Waals surface area contributed by atoms with Gasteiger partial charge in [0.05, 0.1) is 0 Å². The first kappa shape index (κ1) is 23.1. The van der Waals surface area contributed by atoms with Crippen LogP contribution >= 0.6 is 11.8 Å². The second-order valence-electron chi connectivity index (χ2n) is 10.9. The van der Waals surface area contributed by atoms with Crippen LogP contribution in [-0.2, 0) is 4.74 Å². The van der Waals surface area contributed by atoms with Crippen molar-refractivity contribution < 1.29 is 4.74 Å². The van der Waals surface area contributed by atoms with Gasteiger partial charge in [-0.3, -0.25) is 4.90 Å². The monoisotopic (exact) mass is 487 g/mol. The maximum Gasteiger partial charge on any atom is 0.138 e. The zero-order valence-electron chi connectivity index (χ0n) is 21.2. The molecule has 1 aromatic rings. The Labute approximate surface area is 214 Å². The van der Waals surface area contributed by atoms with Crippen LogP contribution in [0, 0.1) is 11.3 Å². The van der Waals surface area contributed by atoms with E-state index in [1.54, 1.807) is 11.8 Å². The first-order valence-corrected chi connectivity index (χ1v) is 14.4. The van der Waals surface area contributed by atoms with Crippen molar-refractivity contribution in [1.82, 2.24) is 15.1 Å². The summed E-state index contributed by atoms with van der Waals surface area (Å²) in [6.45, 7) is 4.82. The van der Waals surface area contributed by atoms with E-state index in [1.165, 1.54) is 61.2 Å². The molecule has 0 amide bonds. The molecule has 4 heterocycles. The maximum atomic E-state index is 6.48. The van der Waals surface area contributed by atoms with Crippen molar-refractivity contribution in [3.05, 3.63) is 83.4 Å². The number of ether oxygens (including phenoxy) is 1. The summed E-state index contributed by atoms with van der Waals surface area (Å²) in [7, 11) is 2.20. The van der Waals surface area contributed by atoms with Crippen molar-refractivity contribution in [2.45, 2.75) is 56.1 Å². The lowest BCUT2D eigenvalue weighted by atomic mass is 9.66. The van der Waals surface area contributed by atoms with Gasteiger partial charge in [0.25, 0.3) is 0 Å². The Hall–Kier alpha value is -2.37. The molecule has 1 N–H and O–H groups in total. The van der Waals surface area contributed by atoms with Crippen LogP contribution in [0.5, 0.6) is 0 Å². The van der Waals surface area contributed by atoms with Gasteiger partial charge in [0.1, 0.15) is 23.7 Å². The summed E-state index contributed by atoms with van der Waals surface area (Å²) in [6, 6.07) is 8.71. The Bertz CT molecular complexity index is 1120. The summed E-state index contributed by atoms with van der Waals surface area (Å²) in [4.78, 5) is 6.28. The third-order valence-corrected chi connectivity index (χ3v) is 9.42. The third-order valence-electron chi connectivity index (χ3n) is 8.68. The number of likely N-dealkylation sites (N-methyl/N-ethyl adjacent to an activating group) is 1. The van der Waals surface area contributed by atoms with Crippen LogP contribution in [0.4, 0.5) is 0 Å². The number of allylic oxidation sites excluding steroid dienone is 4. The molecule has 6 rings (SSSR count). The number of fused-ring (bicyclic) bond motifs is 1. The molecule has 5 heteroatoms. The molecule has 4 aliphatic heterocycles. The van der Waals surface area contributed by atoms with Crippen molar-refractivity contribution in [3.8, 4) is 0 Å². The topological polar surface area (TPSA) is 27.7 Å². The quantitative estimate of drug-likeness (QED) is 0.467. The summed E-state index contributed by atoms with van der Waals surface area (Å²) in [5.41, 5.74) is 4.10. The summed E-state index contributed by atoms with van der Waals surface area (Å²) < 4.78 is 6.48. The Morgan fingerprint density at radius 2 is 1.91 bits per heavy atom. The highest BCUT2D eigenvalue weighted by molar-refractivity contribution is 7.98. The fourth-order valence-electron chi connectivity index (χ4n) is 6.23. The van der Waals surface area contributed by atoms with Gasteiger partial charge < -0.3 is 15.0 Å². The highest BCUT2D eigenvalue weighted by atomic mass is 32.2. The van der Waals surface area contributed by atoms with E-state index in [0.717, 1.165) is 23.0 Å². The normalized spacial score (nSPS) is 27.5. The number of nitrogens with zero attached hydrogens (tertiary/aromatic N) is 2. The van der Waals surface area contributed by atoms with E-state index in [1.807, 2.05) is 0 Å². The summed E-state index contributed by atoms with van der Waals surface area (Å²) >= 11 is 1.76. The van der Waals surface area contributed by atoms with Gasteiger partial charge in [0.15, 0.2) is 0 Å². The predicted molar refractivity (Wildman–Crippen MR) is 145 cm³/mol. The fourth-order valence-corrected chi connectivity index (χ4v) is 6.63. The zero-order chi connectivity index (χ0) is 24.0. The second-order valence-corrected chi connectivity index (χ2v) is 11.8. The number of dihydropyridines is 1. The second kappa shape index (κ2) is 9.25. The van der Waals surface area contributed by atoms with E-state index >= 15 is 0 Å². The minimum Gasteiger partial charge on any atom is -0.458 e. The standard InChI is InChI=1S/C30H37N3OS/c1-4-30(18-21-6-5-7-21)19-33(20-30)28-16-23(13-15-32(28)2)25-12-14-31-26-17-27(34-29(25)26)22-8-10-24(35-3)11-9-22/h8-17,21,26,28,31H,4-7,18-20H2,1-3H3. The Morgan fingerprint density at radius 1 is 1.11 bits per heavy atom. The number of rotatable bonds is 7. The lowest BCUT2D eigenvalue weighted by molar-refractivity contribution is -0.0721. The van der Waals surface area contributed by atoms with Crippen LogP contribution in [0.3, 0.4) is 0 Å². The van der Waals surface area contributed by atoms with Crippen molar-refractivity contribution in [2.24, 2.45) is 11.3 Å².